The lowest BCUT2D eigenvalue weighted by Crippen LogP contribution is -2.39. The smallest absolute Gasteiger partial charge is 0.338 e. The highest BCUT2D eigenvalue weighted by molar-refractivity contribution is 9.10. The van der Waals surface area contributed by atoms with Gasteiger partial charge in [-0.05, 0) is 55.3 Å². The van der Waals surface area contributed by atoms with Crippen molar-refractivity contribution in [2.24, 2.45) is 4.99 Å². The Morgan fingerprint density at radius 2 is 1.88 bits per heavy atom. The number of carbonyl (C=O) groups is 1. The fourth-order valence-corrected chi connectivity index (χ4v) is 4.99. The number of aromatic nitrogens is 1. The maximum absolute atomic E-state index is 13.5. The summed E-state index contributed by atoms with van der Waals surface area (Å²) in [5, 5.41) is 0. The fraction of sp³-hybridized carbons (Fsp3) is 0.192. The molecule has 0 fully saturated rings. The van der Waals surface area contributed by atoms with Crippen LogP contribution in [0.4, 0.5) is 0 Å². The van der Waals surface area contributed by atoms with Crippen molar-refractivity contribution in [3.8, 4) is 5.75 Å². The SMILES string of the molecule is CCOC(=O)C1=C(C)N=c2s/c(=C\C=C\c3ccc(Br)cc3)c(=O)n2[C@H]1c1ccc(OC)cc1. The molecule has 1 atom stereocenters. The Bertz CT molecular complexity index is 1450. The van der Waals surface area contributed by atoms with E-state index in [2.05, 4.69) is 20.9 Å². The molecular weight excluding hydrogens is 516 g/mol. The van der Waals surface area contributed by atoms with Crippen LogP contribution in [0.1, 0.15) is 31.0 Å². The molecule has 0 saturated carbocycles. The van der Waals surface area contributed by atoms with Gasteiger partial charge in [0.05, 0.1) is 35.6 Å². The van der Waals surface area contributed by atoms with Gasteiger partial charge in [0.15, 0.2) is 4.80 Å². The maximum atomic E-state index is 13.5. The Morgan fingerprint density at radius 1 is 1.18 bits per heavy atom. The molecule has 34 heavy (non-hydrogen) atoms. The predicted octanol–water partition coefficient (Wildman–Crippen LogP) is 4.23. The van der Waals surface area contributed by atoms with Gasteiger partial charge in [0.25, 0.3) is 5.56 Å². The first kappa shape index (κ1) is 23.9. The molecule has 0 unspecified atom stereocenters. The van der Waals surface area contributed by atoms with E-state index in [9.17, 15) is 9.59 Å². The van der Waals surface area contributed by atoms with E-state index in [0.717, 1.165) is 15.6 Å². The van der Waals surface area contributed by atoms with E-state index in [1.165, 1.54) is 11.3 Å². The number of methoxy groups -OCH3 is 1. The van der Waals surface area contributed by atoms with Gasteiger partial charge in [-0.25, -0.2) is 9.79 Å². The summed E-state index contributed by atoms with van der Waals surface area (Å²) < 4.78 is 13.7. The molecule has 3 aromatic rings. The number of fused-ring (bicyclic) bond motifs is 1. The third-order valence-electron chi connectivity index (χ3n) is 5.35. The first-order chi connectivity index (χ1) is 16.4. The zero-order valence-corrected chi connectivity index (χ0v) is 21.4. The third kappa shape index (κ3) is 4.83. The van der Waals surface area contributed by atoms with Gasteiger partial charge in [0, 0.05) is 4.47 Å². The fourth-order valence-electron chi connectivity index (χ4n) is 3.73. The largest absolute Gasteiger partial charge is 0.497 e. The standard InChI is InChI=1S/C26H23BrN2O4S/c1-4-33-25(31)22-16(2)28-26-29(23(22)18-10-14-20(32-3)15-11-18)24(30)21(34-26)7-5-6-17-8-12-19(27)13-9-17/h5-15,23H,4H2,1-3H3/b6-5+,21-7-/t23-/m0/s1. The molecule has 0 bridgehead atoms. The highest BCUT2D eigenvalue weighted by Crippen LogP contribution is 2.31. The minimum Gasteiger partial charge on any atom is -0.497 e. The van der Waals surface area contributed by atoms with Crippen LogP contribution in [0, 0.1) is 0 Å². The lowest BCUT2D eigenvalue weighted by atomic mass is 9.96. The first-order valence-electron chi connectivity index (χ1n) is 10.7. The summed E-state index contributed by atoms with van der Waals surface area (Å²) in [6, 6.07) is 14.6. The Morgan fingerprint density at radius 3 is 2.53 bits per heavy atom. The van der Waals surface area contributed by atoms with Crippen LogP contribution in [0.3, 0.4) is 0 Å². The van der Waals surface area contributed by atoms with E-state index < -0.39 is 12.0 Å². The number of benzene rings is 2. The van der Waals surface area contributed by atoms with Gasteiger partial charge in [-0.1, -0.05) is 63.7 Å². The molecule has 1 aliphatic heterocycles. The summed E-state index contributed by atoms with van der Waals surface area (Å²) in [7, 11) is 1.59. The molecule has 6 nitrogen and oxygen atoms in total. The summed E-state index contributed by atoms with van der Waals surface area (Å²) in [5.74, 6) is 0.210. The number of hydrogen-bond acceptors (Lipinski definition) is 6. The molecule has 0 radical (unpaired) electrons. The lowest BCUT2D eigenvalue weighted by Gasteiger charge is -2.24. The molecule has 1 aliphatic rings. The Balaban J connectivity index is 1.83. The molecule has 0 spiro atoms. The highest BCUT2D eigenvalue weighted by atomic mass is 79.9. The summed E-state index contributed by atoms with van der Waals surface area (Å²) in [6.45, 7) is 3.76. The minimum absolute atomic E-state index is 0.209. The molecule has 0 aliphatic carbocycles. The number of nitrogens with zero attached hydrogens (tertiary/aromatic N) is 2. The molecular formula is C26H23BrN2O4S. The molecule has 0 saturated heterocycles. The van der Waals surface area contributed by atoms with Crippen LogP contribution < -0.4 is 19.6 Å². The Kier molecular flexibility index (Phi) is 7.29. The van der Waals surface area contributed by atoms with Gasteiger partial charge in [-0.2, -0.15) is 0 Å². The van der Waals surface area contributed by atoms with Crippen molar-refractivity contribution in [2.45, 2.75) is 19.9 Å². The molecule has 2 aromatic carbocycles. The van der Waals surface area contributed by atoms with Crippen LogP contribution in [-0.2, 0) is 9.53 Å². The second-order valence-electron chi connectivity index (χ2n) is 7.51. The Hall–Kier alpha value is -3.23. The second kappa shape index (κ2) is 10.4. The molecule has 8 heteroatoms. The summed E-state index contributed by atoms with van der Waals surface area (Å²) >= 11 is 4.72. The van der Waals surface area contributed by atoms with Crippen molar-refractivity contribution in [3.63, 3.8) is 0 Å². The number of hydrogen-bond donors (Lipinski definition) is 0. The van der Waals surface area contributed by atoms with Crippen LogP contribution in [0.2, 0.25) is 0 Å². The third-order valence-corrected chi connectivity index (χ3v) is 6.88. The summed E-state index contributed by atoms with van der Waals surface area (Å²) in [4.78, 5) is 31.5. The average molecular weight is 539 g/mol. The van der Waals surface area contributed by atoms with Gasteiger partial charge < -0.3 is 9.47 Å². The van der Waals surface area contributed by atoms with Gasteiger partial charge in [-0.3, -0.25) is 9.36 Å². The molecule has 1 aromatic heterocycles. The summed E-state index contributed by atoms with van der Waals surface area (Å²) in [6.07, 6.45) is 5.55. The van der Waals surface area contributed by atoms with Crippen LogP contribution in [0.15, 0.2) is 80.1 Å². The molecule has 174 valence electrons. The van der Waals surface area contributed by atoms with Crippen molar-refractivity contribution in [2.75, 3.05) is 13.7 Å². The monoisotopic (exact) mass is 538 g/mol. The van der Waals surface area contributed by atoms with Crippen LogP contribution in [0.5, 0.6) is 5.75 Å². The Labute approximate surface area is 209 Å². The number of esters is 1. The second-order valence-corrected chi connectivity index (χ2v) is 9.43. The van der Waals surface area contributed by atoms with Crippen LogP contribution in [0.25, 0.3) is 12.2 Å². The number of thiazole rings is 1. The van der Waals surface area contributed by atoms with Crippen molar-refractivity contribution in [1.82, 2.24) is 4.57 Å². The van der Waals surface area contributed by atoms with E-state index in [-0.39, 0.29) is 12.2 Å². The zero-order valence-electron chi connectivity index (χ0n) is 18.9. The van der Waals surface area contributed by atoms with E-state index in [1.807, 2.05) is 60.7 Å². The number of rotatable bonds is 6. The maximum Gasteiger partial charge on any atom is 0.338 e. The molecule has 4 rings (SSSR count). The van der Waals surface area contributed by atoms with Gasteiger partial charge in [-0.15, -0.1) is 0 Å². The molecule has 2 heterocycles. The first-order valence-corrected chi connectivity index (χ1v) is 12.3. The van der Waals surface area contributed by atoms with Crippen molar-refractivity contribution < 1.29 is 14.3 Å². The van der Waals surface area contributed by atoms with E-state index in [4.69, 9.17) is 9.47 Å². The van der Waals surface area contributed by atoms with Crippen LogP contribution in [-0.4, -0.2) is 24.3 Å². The quantitative estimate of drug-likeness (QED) is 0.440. The number of ether oxygens (including phenoxy) is 2. The lowest BCUT2D eigenvalue weighted by molar-refractivity contribution is -0.139. The average Bonchev–Trinajstić information content (AvgIpc) is 3.14. The summed E-state index contributed by atoms with van der Waals surface area (Å²) in [5.41, 5.74) is 2.48. The van der Waals surface area contributed by atoms with Gasteiger partial charge in [0.2, 0.25) is 0 Å². The van der Waals surface area contributed by atoms with Gasteiger partial charge >= 0.3 is 5.97 Å². The van der Waals surface area contributed by atoms with Crippen molar-refractivity contribution in [1.29, 1.82) is 0 Å². The molecule has 0 amide bonds. The number of carbonyl (C=O) groups excluding carboxylic acids is 1. The molecule has 0 N–H and O–H groups in total. The normalized spacial score (nSPS) is 15.9. The van der Waals surface area contributed by atoms with Crippen molar-refractivity contribution in [3.05, 3.63) is 101 Å². The number of halogens is 1. The van der Waals surface area contributed by atoms with Gasteiger partial charge in [0.1, 0.15) is 5.75 Å². The minimum atomic E-state index is -0.640. The highest BCUT2D eigenvalue weighted by Gasteiger charge is 2.33. The number of allylic oxidation sites excluding steroid dienone is 2. The van der Waals surface area contributed by atoms with Crippen molar-refractivity contribution >= 4 is 45.4 Å². The topological polar surface area (TPSA) is 69.9 Å². The van der Waals surface area contributed by atoms with E-state index in [1.54, 1.807) is 31.6 Å². The zero-order chi connectivity index (χ0) is 24.2. The van der Waals surface area contributed by atoms with E-state index >= 15 is 0 Å². The van der Waals surface area contributed by atoms with E-state index in [0.29, 0.717) is 26.4 Å². The van der Waals surface area contributed by atoms with Crippen LogP contribution >= 0.6 is 27.3 Å². The predicted molar refractivity (Wildman–Crippen MR) is 137 cm³/mol.